The fraction of sp³-hybridized carbons (Fsp3) is 0.320. The van der Waals surface area contributed by atoms with Gasteiger partial charge in [0.2, 0.25) is 0 Å². The van der Waals surface area contributed by atoms with Gasteiger partial charge in [0.25, 0.3) is 0 Å². The number of hydrogen-bond donors (Lipinski definition) is 2. The largest absolute Gasteiger partial charge is 0.361 e. The van der Waals surface area contributed by atoms with Gasteiger partial charge in [-0.2, -0.15) is 5.26 Å². The van der Waals surface area contributed by atoms with E-state index >= 15 is 0 Å². The Labute approximate surface area is 187 Å². The standard InChI is InChI=1S/C25H27N7/c26-13-19-4-6-20(7-5-19)16-31-11-10-27-15-23(31)3-1-2-21-14-28-25-9-8-22(12-24(21)25)32-17-29-30-18-32/h4-9,12,14,17-18,23,27-28H,1-3,10-11,15-16H2. The van der Waals surface area contributed by atoms with Crippen LogP contribution in [0.3, 0.4) is 0 Å². The zero-order valence-electron chi connectivity index (χ0n) is 18.0. The third kappa shape index (κ3) is 4.42. The number of H-pyrrole nitrogens is 1. The molecule has 7 heteroatoms. The van der Waals surface area contributed by atoms with E-state index in [0.29, 0.717) is 6.04 Å². The summed E-state index contributed by atoms with van der Waals surface area (Å²) < 4.78 is 1.94. The van der Waals surface area contributed by atoms with Crippen LogP contribution in [-0.2, 0) is 13.0 Å². The van der Waals surface area contributed by atoms with E-state index in [0.717, 1.165) is 56.7 Å². The van der Waals surface area contributed by atoms with Gasteiger partial charge in [-0.25, -0.2) is 0 Å². The molecular formula is C25H27N7. The smallest absolute Gasteiger partial charge is 0.123 e. The van der Waals surface area contributed by atoms with Gasteiger partial charge in [0, 0.05) is 55.0 Å². The summed E-state index contributed by atoms with van der Waals surface area (Å²) in [6.07, 6.45) is 8.94. The molecule has 0 spiro atoms. The topological polar surface area (TPSA) is 85.6 Å². The van der Waals surface area contributed by atoms with Crippen molar-refractivity contribution in [2.24, 2.45) is 0 Å². The van der Waals surface area contributed by atoms with Crippen molar-refractivity contribution in [1.82, 2.24) is 30.0 Å². The highest BCUT2D eigenvalue weighted by molar-refractivity contribution is 5.85. The quantitative estimate of drug-likeness (QED) is 0.474. The monoisotopic (exact) mass is 425 g/mol. The minimum absolute atomic E-state index is 0.525. The Bertz CT molecular complexity index is 1200. The number of fused-ring (bicyclic) bond motifs is 1. The van der Waals surface area contributed by atoms with Crippen molar-refractivity contribution < 1.29 is 0 Å². The van der Waals surface area contributed by atoms with Crippen molar-refractivity contribution in [2.75, 3.05) is 19.6 Å². The fourth-order valence-corrected chi connectivity index (χ4v) is 4.61. The van der Waals surface area contributed by atoms with E-state index in [4.69, 9.17) is 5.26 Å². The number of aromatic nitrogens is 4. The molecule has 1 atom stereocenters. The van der Waals surface area contributed by atoms with Crippen LogP contribution in [-0.4, -0.2) is 50.3 Å². The van der Waals surface area contributed by atoms with Crippen LogP contribution < -0.4 is 5.32 Å². The molecule has 1 fully saturated rings. The van der Waals surface area contributed by atoms with Gasteiger partial charge in [-0.3, -0.25) is 9.47 Å². The average Bonchev–Trinajstić information content (AvgIpc) is 3.51. The van der Waals surface area contributed by atoms with Crippen LogP contribution in [0.2, 0.25) is 0 Å². The highest BCUT2D eigenvalue weighted by Crippen LogP contribution is 2.24. The van der Waals surface area contributed by atoms with E-state index < -0.39 is 0 Å². The van der Waals surface area contributed by atoms with E-state index in [1.54, 1.807) is 12.7 Å². The number of aryl methyl sites for hydroxylation is 1. The lowest BCUT2D eigenvalue weighted by molar-refractivity contribution is 0.143. The molecule has 1 saturated heterocycles. The third-order valence-electron chi connectivity index (χ3n) is 6.39. The summed E-state index contributed by atoms with van der Waals surface area (Å²) in [6.45, 7) is 4.05. The van der Waals surface area contributed by atoms with E-state index in [2.05, 4.69) is 68.0 Å². The molecule has 32 heavy (non-hydrogen) atoms. The van der Waals surface area contributed by atoms with Gasteiger partial charge in [-0.1, -0.05) is 12.1 Å². The van der Waals surface area contributed by atoms with Gasteiger partial charge in [0.15, 0.2) is 0 Å². The van der Waals surface area contributed by atoms with Gasteiger partial charge in [-0.05, 0) is 60.7 Å². The molecule has 4 aromatic rings. The molecule has 0 aliphatic carbocycles. The second-order valence-corrected chi connectivity index (χ2v) is 8.44. The maximum atomic E-state index is 9.02. The Morgan fingerprint density at radius 3 is 2.75 bits per heavy atom. The molecule has 0 radical (unpaired) electrons. The van der Waals surface area contributed by atoms with E-state index in [1.807, 2.05) is 16.7 Å². The van der Waals surface area contributed by atoms with E-state index in [-0.39, 0.29) is 0 Å². The molecule has 1 aliphatic heterocycles. The highest BCUT2D eigenvalue weighted by atomic mass is 15.2. The van der Waals surface area contributed by atoms with E-state index in [9.17, 15) is 0 Å². The lowest BCUT2D eigenvalue weighted by Crippen LogP contribution is -2.50. The van der Waals surface area contributed by atoms with Gasteiger partial charge in [-0.15, -0.1) is 10.2 Å². The lowest BCUT2D eigenvalue weighted by atomic mass is 10.0. The summed E-state index contributed by atoms with van der Waals surface area (Å²) >= 11 is 0. The van der Waals surface area contributed by atoms with Crippen LogP contribution in [0.15, 0.2) is 61.3 Å². The lowest BCUT2D eigenvalue weighted by Gasteiger charge is -2.36. The number of nitriles is 1. The molecule has 1 unspecified atom stereocenters. The van der Waals surface area contributed by atoms with Gasteiger partial charge in [0.1, 0.15) is 12.7 Å². The third-order valence-corrected chi connectivity index (χ3v) is 6.39. The fourth-order valence-electron chi connectivity index (χ4n) is 4.61. The SMILES string of the molecule is N#Cc1ccc(CN2CCNCC2CCCc2c[nH]c3ccc(-n4cnnc4)cc23)cc1. The minimum Gasteiger partial charge on any atom is -0.361 e. The van der Waals surface area contributed by atoms with Crippen molar-refractivity contribution >= 4 is 10.9 Å². The summed E-state index contributed by atoms with van der Waals surface area (Å²) in [5.41, 5.74) is 5.59. The number of hydrogen-bond acceptors (Lipinski definition) is 5. The zero-order valence-corrected chi connectivity index (χ0v) is 18.0. The number of aromatic amines is 1. The first kappa shape index (κ1) is 20.4. The normalized spacial score (nSPS) is 16.9. The van der Waals surface area contributed by atoms with Crippen LogP contribution in [0.5, 0.6) is 0 Å². The first-order chi connectivity index (χ1) is 15.8. The predicted octanol–water partition coefficient (Wildman–Crippen LogP) is 3.42. The molecule has 7 nitrogen and oxygen atoms in total. The summed E-state index contributed by atoms with van der Waals surface area (Å²) in [4.78, 5) is 5.99. The Balaban J connectivity index is 1.23. The molecule has 162 valence electrons. The minimum atomic E-state index is 0.525. The predicted molar refractivity (Wildman–Crippen MR) is 124 cm³/mol. The number of benzene rings is 2. The Kier molecular flexibility index (Phi) is 5.97. The maximum absolute atomic E-state index is 9.02. The Morgan fingerprint density at radius 1 is 1.09 bits per heavy atom. The second-order valence-electron chi connectivity index (χ2n) is 8.44. The summed E-state index contributed by atoms with van der Waals surface area (Å²) in [5.74, 6) is 0. The van der Waals surface area contributed by atoms with E-state index in [1.165, 1.54) is 22.0 Å². The van der Waals surface area contributed by atoms with Gasteiger partial charge in [0.05, 0.1) is 11.6 Å². The van der Waals surface area contributed by atoms with Gasteiger partial charge < -0.3 is 10.3 Å². The van der Waals surface area contributed by atoms with Crippen molar-refractivity contribution in [2.45, 2.75) is 31.8 Å². The first-order valence-corrected chi connectivity index (χ1v) is 11.2. The number of rotatable bonds is 7. The number of nitrogens with zero attached hydrogens (tertiary/aromatic N) is 5. The summed E-state index contributed by atoms with van der Waals surface area (Å²) in [7, 11) is 0. The highest BCUT2D eigenvalue weighted by Gasteiger charge is 2.22. The van der Waals surface area contributed by atoms with Crippen LogP contribution >= 0.6 is 0 Å². The molecule has 0 amide bonds. The second kappa shape index (κ2) is 9.35. The molecule has 1 aliphatic rings. The van der Waals surface area contributed by atoms with Crippen LogP contribution in [0.25, 0.3) is 16.6 Å². The molecule has 3 heterocycles. The van der Waals surface area contributed by atoms with Crippen LogP contribution in [0.1, 0.15) is 29.5 Å². The summed E-state index contributed by atoms with van der Waals surface area (Å²) in [5, 5.41) is 21.7. The number of nitrogens with one attached hydrogen (secondary N) is 2. The molecule has 5 rings (SSSR count). The molecule has 2 aromatic heterocycles. The maximum Gasteiger partial charge on any atom is 0.123 e. The van der Waals surface area contributed by atoms with Crippen molar-refractivity contribution in [3.63, 3.8) is 0 Å². The van der Waals surface area contributed by atoms with Crippen molar-refractivity contribution in [3.05, 3.63) is 78.0 Å². The number of piperazine rings is 1. The van der Waals surface area contributed by atoms with Crippen molar-refractivity contribution in [1.29, 1.82) is 5.26 Å². The molecule has 2 N–H and O–H groups in total. The van der Waals surface area contributed by atoms with Gasteiger partial charge >= 0.3 is 0 Å². The molecule has 0 saturated carbocycles. The Hall–Kier alpha value is -3.47. The molecule has 2 aromatic carbocycles. The van der Waals surface area contributed by atoms with Crippen LogP contribution in [0, 0.1) is 11.3 Å². The molecule has 0 bridgehead atoms. The first-order valence-electron chi connectivity index (χ1n) is 11.2. The summed E-state index contributed by atoms with van der Waals surface area (Å²) in [6, 6.07) is 17.1. The zero-order chi connectivity index (χ0) is 21.8. The van der Waals surface area contributed by atoms with Crippen LogP contribution in [0.4, 0.5) is 0 Å². The average molecular weight is 426 g/mol. The van der Waals surface area contributed by atoms with Crippen molar-refractivity contribution in [3.8, 4) is 11.8 Å². The Morgan fingerprint density at radius 2 is 1.94 bits per heavy atom. The molecular weight excluding hydrogens is 398 g/mol.